The second kappa shape index (κ2) is 4.41. The molecule has 0 radical (unpaired) electrons. The molecule has 1 aromatic rings. The molecule has 66 valence electrons. The van der Waals surface area contributed by atoms with Crippen molar-refractivity contribution in [3.8, 4) is 0 Å². The van der Waals surface area contributed by atoms with E-state index in [9.17, 15) is 0 Å². The van der Waals surface area contributed by atoms with E-state index in [4.69, 9.17) is 0 Å². The molecular weight excluding hydrogens is 166 g/mol. The van der Waals surface area contributed by atoms with Crippen molar-refractivity contribution in [2.24, 2.45) is 0 Å². The smallest absolute Gasteiger partial charge is 0.0581 e. The average molecular weight is 181 g/mol. The number of thiol groups is 1. The van der Waals surface area contributed by atoms with Gasteiger partial charge in [-0.3, -0.25) is 0 Å². The molecule has 1 N–H and O–H groups in total. The first-order valence-corrected chi connectivity index (χ1v) is 4.82. The Labute approximate surface area is 79.6 Å². The molecule has 1 aromatic carbocycles. The third-order valence-electron chi connectivity index (χ3n) is 1.85. The predicted octanol–water partition coefficient (Wildman–Crippen LogP) is 3.11. The summed E-state index contributed by atoms with van der Waals surface area (Å²) in [4.78, 5) is 0. The monoisotopic (exact) mass is 181 g/mol. The van der Waals surface area contributed by atoms with Gasteiger partial charge in [0.2, 0.25) is 0 Å². The van der Waals surface area contributed by atoms with Crippen molar-refractivity contribution in [2.75, 3.05) is 11.2 Å². The number of nitrogens with one attached hydrogen (secondary N) is 1. The van der Waals surface area contributed by atoms with Crippen molar-refractivity contribution >= 4 is 18.3 Å². The fourth-order valence-corrected chi connectivity index (χ4v) is 1.42. The lowest BCUT2D eigenvalue weighted by molar-refractivity contribution is 0.868. The van der Waals surface area contributed by atoms with Gasteiger partial charge in [-0.2, -0.15) is 12.6 Å². The van der Waals surface area contributed by atoms with E-state index in [1.807, 2.05) is 6.07 Å². The van der Waals surface area contributed by atoms with Crippen LogP contribution in [0.15, 0.2) is 24.3 Å². The van der Waals surface area contributed by atoms with Crippen LogP contribution in [-0.2, 0) is 0 Å². The summed E-state index contributed by atoms with van der Waals surface area (Å²) in [6, 6.07) is 8.35. The highest BCUT2D eigenvalue weighted by Gasteiger charge is 2.03. The first-order chi connectivity index (χ1) is 5.75. The Morgan fingerprint density at radius 2 is 2.00 bits per heavy atom. The van der Waals surface area contributed by atoms with E-state index in [1.54, 1.807) is 0 Å². The summed E-state index contributed by atoms with van der Waals surface area (Å²) in [6.07, 6.45) is 0. The highest BCUT2D eigenvalue weighted by atomic mass is 32.1. The van der Waals surface area contributed by atoms with E-state index >= 15 is 0 Å². The van der Waals surface area contributed by atoms with Crippen molar-refractivity contribution in [1.29, 1.82) is 0 Å². The van der Waals surface area contributed by atoms with Crippen LogP contribution >= 0.6 is 12.6 Å². The van der Waals surface area contributed by atoms with Crippen molar-refractivity contribution in [3.05, 3.63) is 29.8 Å². The summed E-state index contributed by atoms with van der Waals surface area (Å²) in [5, 5.41) is 3.22. The van der Waals surface area contributed by atoms with Gasteiger partial charge in [0.25, 0.3) is 0 Å². The minimum absolute atomic E-state index is 0.564. The second-order valence-corrected chi connectivity index (χ2v) is 3.39. The largest absolute Gasteiger partial charge is 0.376 e. The molecule has 0 aliphatic heterocycles. The molecule has 0 heterocycles. The van der Waals surface area contributed by atoms with Crippen molar-refractivity contribution in [1.82, 2.24) is 0 Å². The molecule has 0 aromatic heterocycles. The zero-order valence-corrected chi connectivity index (χ0v) is 8.44. The quantitative estimate of drug-likeness (QED) is 0.539. The molecule has 0 saturated heterocycles. The SMILES string of the molecule is CC(C)c1ccccc1NCS. The first kappa shape index (κ1) is 9.46. The number of hydrogen-bond acceptors (Lipinski definition) is 2. The Morgan fingerprint density at radius 3 is 2.58 bits per heavy atom. The zero-order valence-electron chi connectivity index (χ0n) is 7.54. The van der Waals surface area contributed by atoms with Crippen LogP contribution in [0.1, 0.15) is 25.3 Å². The van der Waals surface area contributed by atoms with Crippen molar-refractivity contribution in [2.45, 2.75) is 19.8 Å². The van der Waals surface area contributed by atoms with Crippen LogP contribution in [0.2, 0.25) is 0 Å². The Hall–Kier alpha value is -0.630. The maximum atomic E-state index is 4.14. The fourth-order valence-electron chi connectivity index (χ4n) is 1.25. The van der Waals surface area contributed by atoms with Crippen LogP contribution in [0.4, 0.5) is 5.69 Å². The highest BCUT2D eigenvalue weighted by Crippen LogP contribution is 2.23. The molecular formula is C10H15NS. The van der Waals surface area contributed by atoms with Gasteiger partial charge in [-0.1, -0.05) is 32.0 Å². The average Bonchev–Trinajstić information content (AvgIpc) is 2.05. The van der Waals surface area contributed by atoms with Gasteiger partial charge in [-0.05, 0) is 17.5 Å². The zero-order chi connectivity index (χ0) is 8.97. The molecule has 0 atom stereocenters. The minimum Gasteiger partial charge on any atom is -0.376 e. The maximum absolute atomic E-state index is 4.14. The molecule has 0 fully saturated rings. The normalized spacial score (nSPS) is 10.3. The summed E-state index contributed by atoms with van der Waals surface area (Å²) in [7, 11) is 0. The topological polar surface area (TPSA) is 12.0 Å². The molecule has 2 heteroatoms. The third-order valence-corrected chi connectivity index (χ3v) is 2.01. The van der Waals surface area contributed by atoms with Crippen LogP contribution in [0, 0.1) is 0 Å². The van der Waals surface area contributed by atoms with E-state index in [0.29, 0.717) is 11.8 Å². The number of benzene rings is 1. The van der Waals surface area contributed by atoms with Gasteiger partial charge in [-0.25, -0.2) is 0 Å². The van der Waals surface area contributed by atoms with Gasteiger partial charge in [0.1, 0.15) is 0 Å². The first-order valence-electron chi connectivity index (χ1n) is 4.19. The summed E-state index contributed by atoms with van der Waals surface area (Å²) in [5.41, 5.74) is 2.55. The van der Waals surface area contributed by atoms with Crippen LogP contribution in [0.5, 0.6) is 0 Å². The summed E-state index contributed by atoms with van der Waals surface area (Å²) < 4.78 is 0. The number of rotatable bonds is 3. The molecule has 1 nitrogen and oxygen atoms in total. The van der Waals surface area contributed by atoms with E-state index in [0.717, 1.165) is 0 Å². The molecule has 1 rings (SSSR count). The van der Waals surface area contributed by atoms with Crippen LogP contribution in [0.3, 0.4) is 0 Å². The van der Waals surface area contributed by atoms with Crippen molar-refractivity contribution < 1.29 is 0 Å². The van der Waals surface area contributed by atoms with Gasteiger partial charge < -0.3 is 5.32 Å². The fraction of sp³-hybridized carbons (Fsp3) is 0.400. The molecule has 0 unspecified atom stereocenters. The lowest BCUT2D eigenvalue weighted by Gasteiger charge is -2.12. The lowest BCUT2D eigenvalue weighted by atomic mass is 10.0. The minimum atomic E-state index is 0.564. The Kier molecular flexibility index (Phi) is 3.48. The van der Waals surface area contributed by atoms with E-state index in [-0.39, 0.29) is 0 Å². The number of hydrogen-bond donors (Lipinski definition) is 2. The standard InChI is InChI=1S/C10H15NS/c1-8(2)9-5-3-4-6-10(9)11-7-12/h3-6,8,11-12H,7H2,1-2H3. The van der Waals surface area contributed by atoms with Crippen LogP contribution < -0.4 is 5.32 Å². The Bertz CT molecular complexity index is 245. The Balaban J connectivity index is 2.92. The molecule has 0 amide bonds. The molecule has 0 aliphatic rings. The maximum Gasteiger partial charge on any atom is 0.0581 e. The van der Waals surface area contributed by atoms with Gasteiger partial charge >= 0.3 is 0 Å². The number of anilines is 1. The molecule has 0 saturated carbocycles. The van der Waals surface area contributed by atoms with Gasteiger partial charge in [0.05, 0.1) is 5.88 Å². The third kappa shape index (κ3) is 2.18. The van der Waals surface area contributed by atoms with Crippen LogP contribution in [0.25, 0.3) is 0 Å². The van der Waals surface area contributed by atoms with Gasteiger partial charge in [-0.15, -0.1) is 0 Å². The molecule has 12 heavy (non-hydrogen) atoms. The van der Waals surface area contributed by atoms with Gasteiger partial charge in [0.15, 0.2) is 0 Å². The second-order valence-electron chi connectivity index (χ2n) is 3.08. The summed E-state index contributed by atoms with van der Waals surface area (Å²) >= 11 is 4.14. The molecule has 0 spiro atoms. The molecule has 0 bridgehead atoms. The van der Waals surface area contributed by atoms with Gasteiger partial charge in [0, 0.05) is 5.69 Å². The predicted molar refractivity (Wildman–Crippen MR) is 58.0 cm³/mol. The highest BCUT2D eigenvalue weighted by molar-refractivity contribution is 7.80. The Morgan fingerprint density at radius 1 is 1.33 bits per heavy atom. The molecule has 0 aliphatic carbocycles. The van der Waals surface area contributed by atoms with E-state index in [2.05, 4.69) is 50.0 Å². The van der Waals surface area contributed by atoms with E-state index < -0.39 is 0 Å². The summed E-state index contributed by atoms with van der Waals surface area (Å²) in [6.45, 7) is 4.39. The summed E-state index contributed by atoms with van der Waals surface area (Å²) in [5.74, 6) is 1.25. The van der Waals surface area contributed by atoms with Crippen molar-refractivity contribution in [3.63, 3.8) is 0 Å². The van der Waals surface area contributed by atoms with E-state index in [1.165, 1.54) is 11.3 Å². The lowest BCUT2D eigenvalue weighted by Crippen LogP contribution is -1.99. The number of para-hydroxylation sites is 1. The van der Waals surface area contributed by atoms with Crippen LogP contribution in [-0.4, -0.2) is 5.88 Å².